The van der Waals surface area contributed by atoms with E-state index < -0.39 is 67.3 Å². The van der Waals surface area contributed by atoms with E-state index in [2.05, 4.69) is 75.5 Å². The highest BCUT2D eigenvalue weighted by atomic mass is 16.7. The summed E-state index contributed by atoms with van der Waals surface area (Å²) in [6.07, 6.45) is 46.1. The van der Waals surface area contributed by atoms with Gasteiger partial charge in [-0.15, -0.1) is 0 Å². The Morgan fingerprint density at radius 2 is 0.915 bits per heavy atom. The first-order chi connectivity index (χ1) is 34.6. The molecular weight excluding hydrogens is 901 g/mol. The summed E-state index contributed by atoms with van der Waals surface area (Å²) in [7, 11) is 0. The number of aliphatic hydroxyl groups excluding tert-OH is 2. The van der Waals surface area contributed by atoms with Gasteiger partial charge < -0.3 is 39.0 Å². The summed E-state index contributed by atoms with van der Waals surface area (Å²) in [5.74, 6) is -3.25. The van der Waals surface area contributed by atoms with E-state index in [1.54, 1.807) is 0 Å². The number of carbonyl (C=O) groups is 4. The van der Waals surface area contributed by atoms with Crippen LogP contribution in [0.1, 0.15) is 226 Å². The molecule has 0 radical (unpaired) electrons. The van der Waals surface area contributed by atoms with Gasteiger partial charge in [-0.25, -0.2) is 4.79 Å². The van der Waals surface area contributed by atoms with Crippen molar-refractivity contribution >= 4 is 23.9 Å². The van der Waals surface area contributed by atoms with Gasteiger partial charge >= 0.3 is 23.9 Å². The van der Waals surface area contributed by atoms with E-state index >= 15 is 0 Å². The van der Waals surface area contributed by atoms with Crippen molar-refractivity contribution in [2.75, 3.05) is 13.2 Å². The fourth-order valence-corrected chi connectivity index (χ4v) is 7.96. The number of rotatable bonds is 46. The average Bonchev–Trinajstić information content (AvgIpc) is 3.35. The minimum Gasteiger partial charge on any atom is -0.479 e. The maximum Gasteiger partial charge on any atom is 0.335 e. The van der Waals surface area contributed by atoms with Crippen molar-refractivity contribution in [3.63, 3.8) is 0 Å². The number of hydrogen-bond acceptors (Lipinski definition) is 11. The van der Waals surface area contributed by atoms with Crippen molar-refractivity contribution in [1.82, 2.24) is 0 Å². The number of aliphatic carboxylic acids is 1. The first kappa shape index (κ1) is 65.2. The highest BCUT2D eigenvalue weighted by Gasteiger charge is 2.50. The minimum atomic E-state index is -1.93. The zero-order chi connectivity index (χ0) is 51.8. The lowest BCUT2D eigenvalue weighted by atomic mass is 9.98. The largest absolute Gasteiger partial charge is 0.479 e. The van der Waals surface area contributed by atoms with Crippen LogP contribution in [-0.2, 0) is 42.9 Å². The summed E-state index contributed by atoms with van der Waals surface area (Å²) in [4.78, 5) is 50.9. The Labute approximate surface area is 429 Å². The molecule has 1 aliphatic heterocycles. The fraction of sp³-hybridized carbons (Fsp3) is 0.729. The molecular formula is C59H98O12. The van der Waals surface area contributed by atoms with E-state index in [-0.39, 0.29) is 25.9 Å². The fourth-order valence-electron chi connectivity index (χ4n) is 7.96. The minimum absolute atomic E-state index is 0.0637. The molecule has 1 fully saturated rings. The molecule has 1 heterocycles. The van der Waals surface area contributed by atoms with Gasteiger partial charge in [0.1, 0.15) is 18.8 Å². The van der Waals surface area contributed by atoms with E-state index in [1.807, 2.05) is 18.2 Å². The van der Waals surface area contributed by atoms with Crippen molar-refractivity contribution in [2.45, 2.75) is 263 Å². The molecule has 0 aliphatic carbocycles. The van der Waals surface area contributed by atoms with Gasteiger partial charge in [0.15, 0.2) is 24.6 Å². The number of carboxylic acid groups (broad SMARTS) is 1. The molecule has 0 saturated carbocycles. The van der Waals surface area contributed by atoms with E-state index in [4.69, 9.17) is 23.7 Å². The molecule has 1 saturated heterocycles. The van der Waals surface area contributed by atoms with Gasteiger partial charge in [-0.05, 0) is 96.3 Å². The predicted octanol–water partition coefficient (Wildman–Crippen LogP) is 13.8. The van der Waals surface area contributed by atoms with E-state index in [9.17, 15) is 34.5 Å². The molecule has 12 nitrogen and oxygen atoms in total. The zero-order valence-corrected chi connectivity index (χ0v) is 44.4. The highest BCUT2D eigenvalue weighted by molar-refractivity contribution is 5.74. The molecule has 0 spiro atoms. The third-order valence-electron chi connectivity index (χ3n) is 12.3. The van der Waals surface area contributed by atoms with Crippen LogP contribution in [0.2, 0.25) is 0 Å². The van der Waals surface area contributed by atoms with Crippen molar-refractivity contribution in [2.24, 2.45) is 0 Å². The molecule has 12 heteroatoms. The van der Waals surface area contributed by atoms with Crippen molar-refractivity contribution in [3.8, 4) is 0 Å². The number of carboxylic acids is 1. The van der Waals surface area contributed by atoms with Gasteiger partial charge in [-0.1, -0.05) is 184 Å². The molecule has 0 bridgehead atoms. The number of carbonyl (C=O) groups excluding carboxylic acids is 3. The van der Waals surface area contributed by atoms with Gasteiger partial charge in [0.25, 0.3) is 0 Å². The van der Waals surface area contributed by atoms with Gasteiger partial charge in [-0.2, -0.15) is 0 Å². The van der Waals surface area contributed by atoms with Crippen LogP contribution in [0, 0.1) is 0 Å². The third kappa shape index (κ3) is 37.6. The summed E-state index contributed by atoms with van der Waals surface area (Å²) in [5.41, 5.74) is 0. The lowest BCUT2D eigenvalue weighted by Gasteiger charge is -2.40. The van der Waals surface area contributed by atoms with Crippen LogP contribution in [0.15, 0.2) is 72.9 Å². The number of allylic oxidation sites excluding steroid dienone is 12. The quantitative estimate of drug-likeness (QED) is 0.0228. The van der Waals surface area contributed by atoms with Crippen LogP contribution < -0.4 is 0 Å². The van der Waals surface area contributed by atoms with Crippen LogP contribution in [0.25, 0.3) is 0 Å². The average molecular weight is 999 g/mol. The predicted molar refractivity (Wildman–Crippen MR) is 285 cm³/mol. The van der Waals surface area contributed by atoms with E-state index in [1.165, 1.54) is 64.2 Å². The van der Waals surface area contributed by atoms with Crippen LogP contribution in [0.5, 0.6) is 0 Å². The molecule has 6 unspecified atom stereocenters. The maximum atomic E-state index is 13.1. The van der Waals surface area contributed by atoms with E-state index in [0.29, 0.717) is 25.7 Å². The Bertz CT molecular complexity index is 1510. The summed E-state index contributed by atoms with van der Waals surface area (Å²) in [5, 5.41) is 31.4. The second kappa shape index (κ2) is 47.2. The lowest BCUT2D eigenvalue weighted by molar-refractivity contribution is -0.301. The monoisotopic (exact) mass is 999 g/mol. The topological polar surface area (TPSA) is 175 Å². The van der Waals surface area contributed by atoms with Crippen LogP contribution in [-0.4, -0.2) is 89.2 Å². The summed E-state index contributed by atoms with van der Waals surface area (Å²) >= 11 is 0. The number of ether oxygens (including phenoxy) is 5. The van der Waals surface area contributed by atoms with Crippen LogP contribution >= 0.6 is 0 Å². The molecule has 71 heavy (non-hydrogen) atoms. The summed E-state index contributed by atoms with van der Waals surface area (Å²) < 4.78 is 28.2. The van der Waals surface area contributed by atoms with Crippen molar-refractivity contribution < 1.29 is 58.2 Å². The lowest BCUT2D eigenvalue weighted by Crippen LogP contribution is -2.61. The van der Waals surface area contributed by atoms with Gasteiger partial charge in [0.2, 0.25) is 0 Å². The number of hydrogen-bond donors (Lipinski definition) is 3. The first-order valence-corrected chi connectivity index (χ1v) is 27.9. The SMILES string of the molecule is CC/C=C\C/C=C\C/C=C\C/C=C\CCC(=O)OC1C(OCC(COC(=O)CCCCCCC/C=C\CCCCCCCC)OC(=O)CCCCCCC/C=C\CCCCCC)OC(C(=O)O)C(O)C1O. The molecule has 1 rings (SSSR count). The van der Waals surface area contributed by atoms with Crippen LogP contribution in [0.4, 0.5) is 0 Å². The molecule has 1 aliphatic rings. The first-order valence-electron chi connectivity index (χ1n) is 27.9. The number of aliphatic hydroxyl groups is 2. The smallest absolute Gasteiger partial charge is 0.335 e. The Morgan fingerprint density at radius 3 is 1.42 bits per heavy atom. The van der Waals surface area contributed by atoms with Crippen molar-refractivity contribution in [1.29, 1.82) is 0 Å². The maximum absolute atomic E-state index is 13.1. The van der Waals surface area contributed by atoms with Crippen LogP contribution in [0.3, 0.4) is 0 Å². The second-order valence-electron chi connectivity index (χ2n) is 18.8. The van der Waals surface area contributed by atoms with Crippen molar-refractivity contribution in [3.05, 3.63) is 72.9 Å². The Kier molecular flexibility index (Phi) is 43.3. The van der Waals surface area contributed by atoms with Gasteiger partial charge in [0.05, 0.1) is 6.61 Å². The highest BCUT2D eigenvalue weighted by Crippen LogP contribution is 2.26. The molecule has 0 amide bonds. The van der Waals surface area contributed by atoms with E-state index in [0.717, 1.165) is 96.3 Å². The molecule has 6 atom stereocenters. The molecule has 406 valence electrons. The number of esters is 3. The zero-order valence-electron chi connectivity index (χ0n) is 44.4. The molecule has 0 aromatic rings. The Morgan fingerprint density at radius 1 is 0.479 bits per heavy atom. The summed E-state index contributed by atoms with van der Waals surface area (Å²) in [6, 6.07) is 0. The third-order valence-corrected chi connectivity index (χ3v) is 12.3. The Hall–Kier alpha value is -3.84. The molecule has 3 N–H and O–H groups in total. The number of unbranched alkanes of at least 4 members (excludes halogenated alkanes) is 20. The molecule has 0 aromatic heterocycles. The van der Waals surface area contributed by atoms with Gasteiger partial charge in [0, 0.05) is 19.3 Å². The van der Waals surface area contributed by atoms with Gasteiger partial charge in [-0.3, -0.25) is 14.4 Å². The Balaban J connectivity index is 2.76. The normalized spacial score (nSPS) is 19.0. The second-order valence-corrected chi connectivity index (χ2v) is 18.8. The molecule has 0 aromatic carbocycles. The summed E-state index contributed by atoms with van der Waals surface area (Å²) in [6.45, 7) is 5.79. The standard InChI is InChI=1S/C59H98O12/c1-4-7-10-13-16-19-22-25-26-29-30-33-36-39-42-45-51(60)67-48-50(69-52(61)46-43-40-37-34-31-27-23-20-17-14-11-8-5-2)49-68-59-57(55(64)54(63)56(71-59)58(65)66)70-53(62)47-44-41-38-35-32-28-24-21-18-15-12-9-6-3/h9,12,18,20-21,23,25-26,28,32,38,41,50,54-57,59,63-64H,4-8,10-11,13-17,19,22,24,27,29-31,33-37,39-40,42-49H2,1-3H3,(H,65,66)/b12-9-,21-18-,23-20-,26-25-,32-28-,41-38-.